The Morgan fingerprint density at radius 2 is 1.59 bits per heavy atom. The number of amides is 2. The van der Waals surface area contributed by atoms with Crippen molar-refractivity contribution in [3.63, 3.8) is 0 Å². The number of anilines is 1. The molecule has 92 valence electrons. The van der Waals surface area contributed by atoms with Crippen LogP contribution in [0.3, 0.4) is 0 Å². The minimum Gasteiger partial charge on any atom is -0.343 e. The molecule has 2 N–H and O–H groups in total. The highest BCUT2D eigenvalue weighted by molar-refractivity contribution is 14.1. The highest BCUT2D eigenvalue weighted by Gasteiger charge is 2.19. The number of carbonyl (C=O) groups is 2. The standard InChI is InChI=1S/C12H15IN2O2/c1-12(2,3)15-11(17)10(16)14-9-6-4-8(13)5-7-9/h4-7H,1-3H3,(H,14,16)(H,15,17). The molecule has 0 fully saturated rings. The van der Waals surface area contributed by atoms with Gasteiger partial charge in [0.25, 0.3) is 0 Å². The van der Waals surface area contributed by atoms with Gasteiger partial charge in [0.15, 0.2) is 0 Å². The Labute approximate surface area is 114 Å². The van der Waals surface area contributed by atoms with Crippen molar-refractivity contribution >= 4 is 40.1 Å². The van der Waals surface area contributed by atoms with Crippen molar-refractivity contribution in [1.29, 1.82) is 0 Å². The summed E-state index contributed by atoms with van der Waals surface area (Å²) >= 11 is 2.17. The summed E-state index contributed by atoms with van der Waals surface area (Å²) in [7, 11) is 0. The maximum atomic E-state index is 11.6. The molecule has 0 spiro atoms. The first-order chi connectivity index (χ1) is 7.78. The maximum absolute atomic E-state index is 11.6. The lowest BCUT2D eigenvalue weighted by molar-refractivity contribution is -0.137. The van der Waals surface area contributed by atoms with Crippen LogP contribution in [0.5, 0.6) is 0 Å². The zero-order chi connectivity index (χ0) is 13.1. The number of benzene rings is 1. The first-order valence-electron chi connectivity index (χ1n) is 5.17. The van der Waals surface area contributed by atoms with Crippen molar-refractivity contribution in [3.8, 4) is 0 Å². The van der Waals surface area contributed by atoms with E-state index in [4.69, 9.17) is 0 Å². The zero-order valence-electron chi connectivity index (χ0n) is 10.0. The average Bonchev–Trinajstić information content (AvgIpc) is 2.19. The Kier molecular flexibility index (Phi) is 4.50. The van der Waals surface area contributed by atoms with Gasteiger partial charge in [0.05, 0.1) is 0 Å². The van der Waals surface area contributed by atoms with Crippen LogP contribution in [0, 0.1) is 3.57 Å². The van der Waals surface area contributed by atoms with Crippen molar-refractivity contribution in [1.82, 2.24) is 5.32 Å². The van der Waals surface area contributed by atoms with E-state index in [1.165, 1.54) is 0 Å². The molecule has 5 heteroatoms. The molecule has 0 unspecified atom stereocenters. The Morgan fingerprint density at radius 3 is 2.06 bits per heavy atom. The zero-order valence-corrected chi connectivity index (χ0v) is 12.2. The van der Waals surface area contributed by atoms with Gasteiger partial charge in [-0.05, 0) is 67.6 Å². The van der Waals surface area contributed by atoms with Crippen LogP contribution in [-0.2, 0) is 9.59 Å². The van der Waals surface area contributed by atoms with Crippen LogP contribution in [0.2, 0.25) is 0 Å². The van der Waals surface area contributed by atoms with E-state index in [1.54, 1.807) is 12.1 Å². The summed E-state index contributed by atoms with van der Waals surface area (Å²) < 4.78 is 1.07. The third-order valence-electron chi connectivity index (χ3n) is 1.80. The third kappa shape index (κ3) is 5.16. The van der Waals surface area contributed by atoms with Crippen LogP contribution in [0.4, 0.5) is 5.69 Å². The maximum Gasteiger partial charge on any atom is 0.313 e. The van der Waals surface area contributed by atoms with Crippen molar-refractivity contribution in [2.24, 2.45) is 0 Å². The van der Waals surface area contributed by atoms with Crippen LogP contribution in [0.1, 0.15) is 20.8 Å². The molecule has 0 aliphatic rings. The van der Waals surface area contributed by atoms with E-state index < -0.39 is 17.4 Å². The molecule has 0 saturated heterocycles. The normalized spacial score (nSPS) is 10.8. The van der Waals surface area contributed by atoms with Crippen molar-refractivity contribution in [2.75, 3.05) is 5.32 Å². The number of halogens is 1. The lowest BCUT2D eigenvalue weighted by atomic mass is 10.1. The number of rotatable bonds is 1. The first-order valence-corrected chi connectivity index (χ1v) is 6.25. The van der Waals surface area contributed by atoms with Crippen LogP contribution >= 0.6 is 22.6 Å². The molecule has 0 aromatic heterocycles. The van der Waals surface area contributed by atoms with E-state index >= 15 is 0 Å². The van der Waals surface area contributed by atoms with Gasteiger partial charge in [-0.15, -0.1) is 0 Å². The summed E-state index contributed by atoms with van der Waals surface area (Å²) in [6.45, 7) is 5.47. The van der Waals surface area contributed by atoms with Crippen molar-refractivity contribution in [3.05, 3.63) is 27.8 Å². The van der Waals surface area contributed by atoms with Gasteiger partial charge in [0.2, 0.25) is 0 Å². The summed E-state index contributed by atoms with van der Waals surface area (Å²) in [4.78, 5) is 23.1. The number of nitrogens with one attached hydrogen (secondary N) is 2. The highest BCUT2D eigenvalue weighted by Crippen LogP contribution is 2.11. The second kappa shape index (κ2) is 5.48. The molecular formula is C12H15IN2O2. The smallest absolute Gasteiger partial charge is 0.313 e. The fourth-order valence-corrected chi connectivity index (χ4v) is 1.48. The molecule has 0 aliphatic heterocycles. The van der Waals surface area contributed by atoms with Crippen molar-refractivity contribution in [2.45, 2.75) is 26.3 Å². The Hall–Kier alpha value is -1.11. The van der Waals surface area contributed by atoms with E-state index in [1.807, 2.05) is 32.9 Å². The molecule has 0 heterocycles. The van der Waals surface area contributed by atoms with Gasteiger partial charge in [0, 0.05) is 14.8 Å². The topological polar surface area (TPSA) is 58.2 Å². The van der Waals surface area contributed by atoms with Crippen molar-refractivity contribution < 1.29 is 9.59 Å². The molecule has 1 aromatic carbocycles. The summed E-state index contributed by atoms with van der Waals surface area (Å²) in [6, 6.07) is 7.23. The molecule has 1 rings (SSSR count). The summed E-state index contributed by atoms with van der Waals surface area (Å²) in [5, 5.41) is 5.14. The Morgan fingerprint density at radius 1 is 1.06 bits per heavy atom. The van der Waals surface area contributed by atoms with Crippen LogP contribution < -0.4 is 10.6 Å². The molecule has 4 nitrogen and oxygen atoms in total. The van der Waals surface area contributed by atoms with Gasteiger partial charge in [-0.3, -0.25) is 9.59 Å². The van der Waals surface area contributed by atoms with Gasteiger partial charge < -0.3 is 10.6 Å². The second-order valence-electron chi connectivity index (χ2n) is 4.67. The fraction of sp³-hybridized carbons (Fsp3) is 0.333. The lowest BCUT2D eigenvalue weighted by Crippen LogP contribution is -2.46. The van der Waals surface area contributed by atoms with Crippen LogP contribution in [-0.4, -0.2) is 17.4 Å². The molecule has 17 heavy (non-hydrogen) atoms. The predicted octanol–water partition coefficient (Wildman–Crippen LogP) is 2.14. The largest absolute Gasteiger partial charge is 0.343 e. The Balaban J connectivity index is 2.60. The minimum atomic E-state index is -0.652. The number of hydrogen-bond acceptors (Lipinski definition) is 2. The Bertz CT molecular complexity index is 421. The van der Waals surface area contributed by atoms with E-state index in [2.05, 4.69) is 33.2 Å². The third-order valence-corrected chi connectivity index (χ3v) is 2.52. The lowest BCUT2D eigenvalue weighted by Gasteiger charge is -2.19. The minimum absolute atomic E-state index is 0.416. The average molecular weight is 346 g/mol. The molecule has 0 saturated carbocycles. The van der Waals surface area contributed by atoms with Gasteiger partial charge >= 0.3 is 11.8 Å². The van der Waals surface area contributed by atoms with Gasteiger partial charge in [-0.25, -0.2) is 0 Å². The second-order valence-corrected chi connectivity index (χ2v) is 5.91. The summed E-state index contributed by atoms with van der Waals surface area (Å²) in [5.74, 6) is -1.28. The molecular weight excluding hydrogens is 331 g/mol. The monoisotopic (exact) mass is 346 g/mol. The fourth-order valence-electron chi connectivity index (χ4n) is 1.12. The molecule has 2 amide bonds. The number of carbonyl (C=O) groups excluding carboxylic acids is 2. The number of hydrogen-bond donors (Lipinski definition) is 2. The van der Waals surface area contributed by atoms with E-state index in [0.29, 0.717) is 5.69 Å². The summed E-state index contributed by atoms with van der Waals surface area (Å²) in [5.41, 5.74) is 0.194. The van der Waals surface area contributed by atoms with E-state index in [-0.39, 0.29) is 0 Å². The van der Waals surface area contributed by atoms with E-state index in [0.717, 1.165) is 3.57 Å². The van der Waals surface area contributed by atoms with Gasteiger partial charge in [-0.2, -0.15) is 0 Å². The SMILES string of the molecule is CC(C)(C)NC(=O)C(=O)Nc1ccc(I)cc1. The van der Waals surface area contributed by atoms with Gasteiger partial charge in [-0.1, -0.05) is 0 Å². The van der Waals surface area contributed by atoms with Crippen LogP contribution in [0.25, 0.3) is 0 Å². The predicted molar refractivity (Wildman–Crippen MR) is 75.7 cm³/mol. The van der Waals surface area contributed by atoms with E-state index in [9.17, 15) is 9.59 Å². The highest BCUT2D eigenvalue weighted by atomic mass is 127. The molecule has 0 radical (unpaired) electrons. The molecule has 1 aromatic rings. The molecule has 0 atom stereocenters. The summed E-state index contributed by atoms with van der Waals surface area (Å²) in [6.07, 6.45) is 0. The molecule has 0 bridgehead atoms. The first kappa shape index (κ1) is 14.0. The quantitative estimate of drug-likeness (QED) is 0.605. The van der Waals surface area contributed by atoms with Crippen LogP contribution in [0.15, 0.2) is 24.3 Å². The molecule has 0 aliphatic carbocycles. The van der Waals surface area contributed by atoms with Gasteiger partial charge in [0.1, 0.15) is 0 Å².